The second-order valence-corrected chi connectivity index (χ2v) is 4.26. The Morgan fingerprint density at radius 3 is 3.12 bits per heavy atom. The summed E-state index contributed by atoms with van der Waals surface area (Å²) < 4.78 is 1.61. The predicted molar refractivity (Wildman–Crippen MR) is 61.1 cm³/mol. The molecule has 0 fully saturated rings. The summed E-state index contributed by atoms with van der Waals surface area (Å²) in [4.78, 5) is 14.5. The van der Waals surface area contributed by atoms with Gasteiger partial charge in [-0.2, -0.15) is 5.11 Å². The summed E-state index contributed by atoms with van der Waals surface area (Å²) in [7, 11) is 0. The lowest BCUT2D eigenvalue weighted by Crippen LogP contribution is -2.19. The molecule has 0 bridgehead atoms. The molecule has 0 spiro atoms. The van der Waals surface area contributed by atoms with Crippen molar-refractivity contribution in [3.63, 3.8) is 0 Å². The van der Waals surface area contributed by atoms with Gasteiger partial charge in [0.05, 0.1) is 11.0 Å². The molecule has 2 aromatic rings. The lowest BCUT2D eigenvalue weighted by atomic mass is 10.0. The van der Waals surface area contributed by atoms with Gasteiger partial charge in [-0.05, 0) is 12.5 Å². The van der Waals surface area contributed by atoms with E-state index in [1.54, 1.807) is 16.7 Å². The van der Waals surface area contributed by atoms with Crippen molar-refractivity contribution in [3.05, 3.63) is 34.2 Å². The number of nitrogens with one attached hydrogen (secondary N) is 2. The van der Waals surface area contributed by atoms with Gasteiger partial charge < -0.3 is 10.1 Å². The zero-order chi connectivity index (χ0) is 12.0. The van der Waals surface area contributed by atoms with Gasteiger partial charge in [0.1, 0.15) is 12.1 Å². The number of imidazole rings is 1. The molecule has 0 unspecified atom stereocenters. The molecular weight excluding hydrogens is 220 g/mol. The first-order valence-electron chi connectivity index (χ1n) is 5.48. The molecule has 6 heteroatoms. The molecule has 0 aliphatic carbocycles. The number of nitrogens with zero attached hydrogens (tertiary/aromatic N) is 2. The van der Waals surface area contributed by atoms with Crippen LogP contribution in [0.3, 0.4) is 0 Å². The summed E-state index contributed by atoms with van der Waals surface area (Å²) >= 11 is 0. The Labute approximate surface area is 96.4 Å². The van der Waals surface area contributed by atoms with Crippen LogP contribution in [0.1, 0.15) is 18.1 Å². The zero-order valence-electron chi connectivity index (χ0n) is 9.05. The minimum absolute atomic E-state index is 0.176. The van der Waals surface area contributed by atoms with Crippen molar-refractivity contribution in [2.45, 2.75) is 25.1 Å². The number of aromatic amines is 1. The number of aliphatic hydroxyl groups excluding tert-OH is 1. The lowest BCUT2D eigenvalue weighted by molar-refractivity contribution is 0.141. The molecule has 2 heterocycles. The van der Waals surface area contributed by atoms with E-state index < -0.39 is 12.1 Å². The number of aryl methyl sites for hydroxylation is 1. The van der Waals surface area contributed by atoms with E-state index in [1.807, 2.05) is 6.07 Å². The van der Waals surface area contributed by atoms with Crippen LogP contribution in [-0.4, -0.2) is 20.7 Å². The van der Waals surface area contributed by atoms with Gasteiger partial charge in [0.15, 0.2) is 0 Å². The molecule has 3 rings (SSSR count). The fraction of sp³-hybridized carbons (Fsp3) is 0.364. The van der Waals surface area contributed by atoms with Crippen molar-refractivity contribution < 1.29 is 5.11 Å². The van der Waals surface area contributed by atoms with Crippen LogP contribution in [0.5, 0.6) is 0 Å². The third kappa shape index (κ3) is 1.34. The topological polar surface area (TPSA) is 94.2 Å². The standard InChI is InChI=1S/C11H12N4O2/c12-14-8-4-5-15-9-6(10(8)16)2-1-3-7(9)13-11(15)17/h1-3,8,10,12,16H,4-5H2,(H,13,17)/t8-,10-/m1/s1. The number of hydrogen-bond donors (Lipinski definition) is 3. The average molecular weight is 232 g/mol. The van der Waals surface area contributed by atoms with Gasteiger partial charge in [0, 0.05) is 12.1 Å². The summed E-state index contributed by atoms with van der Waals surface area (Å²) in [5.41, 5.74) is 9.04. The summed E-state index contributed by atoms with van der Waals surface area (Å²) in [5, 5.41) is 13.6. The Balaban J connectivity index is 2.35. The number of hydrogen-bond acceptors (Lipinski definition) is 4. The van der Waals surface area contributed by atoms with Gasteiger partial charge in [-0.15, -0.1) is 0 Å². The first-order chi connectivity index (χ1) is 8.22. The largest absolute Gasteiger partial charge is 0.386 e. The maximum absolute atomic E-state index is 11.8. The second-order valence-electron chi connectivity index (χ2n) is 4.26. The third-order valence-electron chi connectivity index (χ3n) is 3.32. The maximum atomic E-state index is 11.8. The van der Waals surface area contributed by atoms with Gasteiger partial charge in [0.2, 0.25) is 0 Å². The van der Waals surface area contributed by atoms with E-state index in [-0.39, 0.29) is 5.69 Å². The molecule has 0 amide bonds. The number of benzene rings is 1. The molecule has 17 heavy (non-hydrogen) atoms. The second kappa shape index (κ2) is 3.53. The van der Waals surface area contributed by atoms with Gasteiger partial charge in [-0.3, -0.25) is 4.57 Å². The highest BCUT2D eigenvalue weighted by atomic mass is 16.3. The molecule has 2 atom stereocenters. The zero-order valence-corrected chi connectivity index (χ0v) is 9.05. The molecule has 0 radical (unpaired) electrons. The van der Waals surface area contributed by atoms with Crippen molar-refractivity contribution in [2.75, 3.05) is 0 Å². The maximum Gasteiger partial charge on any atom is 0.326 e. The summed E-state index contributed by atoms with van der Waals surface area (Å²) in [6, 6.07) is 4.90. The van der Waals surface area contributed by atoms with E-state index in [9.17, 15) is 9.90 Å². The van der Waals surface area contributed by atoms with Crippen LogP contribution in [0.4, 0.5) is 0 Å². The first kappa shape index (κ1) is 10.2. The normalized spacial score (nSPS) is 23.6. The number of rotatable bonds is 1. The summed E-state index contributed by atoms with van der Waals surface area (Å²) in [6.07, 6.45) is -0.327. The Kier molecular flexibility index (Phi) is 2.12. The molecule has 1 aliphatic rings. The Morgan fingerprint density at radius 2 is 2.35 bits per heavy atom. The van der Waals surface area contributed by atoms with E-state index in [4.69, 9.17) is 5.53 Å². The van der Waals surface area contributed by atoms with Gasteiger partial charge in [0.25, 0.3) is 0 Å². The molecule has 88 valence electrons. The van der Waals surface area contributed by atoms with E-state index in [0.29, 0.717) is 18.5 Å². The number of para-hydroxylation sites is 1. The van der Waals surface area contributed by atoms with E-state index in [0.717, 1.165) is 11.0 Å². The molecule has 0 saturated carbocycles. The highest BCUT2D eigenvalue weighted by Crippen LogP contribution is 2.30. The molecule has 6 nitrogen and oxygen atoms in total. The third-order valence-corrected chi connectivity index (χ3v) is 3.32. The average Bonchev–Trinajstić information content (AvgIpc) is 2.56. The minimum Gasteiger partial charge on any atom is -0.386 e. The Morgan fingerprint density at radius 1 is 1.53 bits per heavy atom. The van der Waals surface area contributed by atoms with Crippen LogP contribution in [0.15, 0.2) is 28.1 Å². The fourth-order valence-electron chi connectivity index (χ4n) is 2.46. The van der Waals surface area contributed by atoms with Crippen molar-refractivity contribution in [1.82, 2.24) is 9.55 Å². The Hall–Kier alpha value is -1.95. The highest BCUT2D eigenvalue weighted by Gasteiger charge is 2.27. The molecule has 1 aromatic carbocycles. The van der Waals surface area contributed by atoms with Gasteiger partial charge in [-0.25, -0.2) is 10.3 Å². The number of aliphatic hydroxyl groups is 1. The summed E-state index contributed by atoms with van der Waals surface area (Å²) in [5.74, 6) is 0. The molecule has 1 aromatic heterocycles. The van der Waals surface area contributed by atoms with E-state index in [1.165, 1.54) is 0 Å². The van der Waals surface area contributed by atoms with Crippen molar-refractivity contribution >= 4 is 11.0 Å². The van der Waals surface area contributed by atoms with Gasteiger partial charge in [-0.1, -0.05) is 12.1 Å². The predicted octanol–water partition coefficient (Wildman–Crippen LogP) is 1.17. The van der Waals surface area contributed by atoms with Crippen LogP contribution < -0.4 is 5.69 Å². The van der Waals surface area contributed by atoms with Crippen LogP contribution in [0.25, 0.3) is 11.0 Å². The molecule has 1 aliphatic heterocycles. The number of H-pyrrole nitrogens is 1. The van der Waals surface area contributed by atoms with Crippen molar-refractivity contribution in [1.29, 1.82) is 5.53 Å². The van der Waals surface area contributed by atoms with Crippen molar-refractivity contribution in [2.24, 2.45) is 5.11 Å². The van der Waals surface area contributed by atoms with Crippen LogP contribution >= 0.6 is 0 Å². The van der Waals surface area contributed by atoms with E-state index >= 15 is 0 Å². The molecular formula is C11H12N4O2. The quantitative estimate of drug-likeness (QED) is 0.643. The summed E-state index contributed by atoms with van der Waals surface area (Å²) in [6.45, 7) is 0.472. The smallest absolute Gasteiger partial charge is 0.326 e. The van der Waals surface area contributed by atoms with Gasteiger partial charge >= 0.3 is 5.69 Å². The van der Waals surface area contributed by atoms with Crippen LogP contribution in [-0.2, 0) is 6.54 Å². The van der Waals surface area contributed by atoms with Crippen molar-refractivity contribution in [3.8, 4) is 0 Å². The number of aromatic nitrogens is 2. The lowest BCUT2D eigenvalue weighted by Gasteiger charge is -2.15. The minimum atomic E-state index is -0.819. The highest BCUT2D eigenvalue weighted by molar-refractivity contribution is 5.79. The van der Waals surface area contributed by atoms with Crippen LogP contribution in [0.2, 0.25) is 0 Å². The molecule has 3 N–H and O–H groups in total. The molecule has 0 saturated heterocycles. The SMILES string of the molecule is N=N[C@@H]1CCn2c(=O)[nH]c3cccc(c32)[C@H]1O. The van der Waals surface area contributed by atoms with Crippen LogP contribution in [0, 0.1) is 5.53 Å². The van der Waals surface area contributed by atoms with E-state index in [2.05, 4.69) is 10.1 Å². The fourth-order valence-corrected chi connectivity index (χ4v) is 2.46. The Bertz CT molecular complexity index is 642. The monoisotopic (exact) mass is 232 g/mol. The first-order valence-corrected chi connectivity index (χ1v) is 5.48.